The highest BCUT2D eigenvalue weighted by molar-refractivity contribution is 6.03. The van der Waals surface area contributed by atoms with Crippen molar-refractivity contribution < 1.29 is 14.2 Å². The molecule has 0 fully saturated rings. The van der Waals surface area contributed by atoms with E-state index in [1.807, 2.05) is 6.92 Å². The van der Waals surface area contributed by atoms with Crippen LogP contribution in [-0.4, -0.2) is 27.2 Å². The molecule has 154 valence electrons. The van der Waals surface area contributed by atoms with Crippen molar-refractivity contribution >= 4 is 17.6 Å². The number of phenols is 1. The van der Waals surface area contributed by atoms with Gasteiger partial charge in [-0.1, -0.05) is 6.07 Å². The zero-order valence-electron chi connectivity index (χ0n) is 16.4. The molecule has 1 aliphatic heterocycles. The van der Waals surface area contributed by atoms with E-state index >= 15 is 0 Å². The zero-order chi connectivity index (χ0) is 21.3. The third kappa shape index (κ3) is 3.82. The van der Waals surface area contributed by atoms with Crippen LogP contribution in [0.25, 0.3) is 0 Å². The van der Waals surface area contributed by atoms with Gasteiger partial charge in [0.15, 0.2) is 17.7 Å². The topological polar surface area (TPSA) is 101 Å². The van der Waals surface area contributed by atoms with E-state index in [2.05, 4.69) is 20.6 Å². The van der Waals surface area contributed by atoms with Gasteiger partial charge < -0.3 is 15.2 Å². The maximum atomic E-state index is 13.2. The molecule has 1 aromatic heterocycles. The van der Waals surface area contributed by atoms with Gasteiger partial charge in [0.25, 0.3) is 5.56 Å². The number of aromatic nitrogens is 2. The standard InChI is InChI=1S/C21H20FN5O3/c1-3-30-17-11-13(4-9-16(17)28)19-25-20(24-15-7-5-14(22)6-8-15)26-21-23-12(2)10-18(29)27(19)21/h4-11,19,28H,3H2,1-2H3,(H2,23,24,25,26)/t19-/m0/s1. The Kier molecular flexibility index (Phi) is 5.09. The van der Waals surface area contributed by atoms with Gasteiger partial charge in [-0.05, 0) is 50.2 Å². The highest BCUT2D eigenvalue weighted by Crippen LogP contribution is 2.33. The Morgan fingerprint density at radius 1 is 1.23 bits per heavy atom. The normalized spacial score (nSPS) is 15.0. The Labute approximate surface area is 171 Å². The number of aromatic hydroxyl groups is 1. The average Bonchev–Trinajstić information content (AvgIpc) is 2.70. The van der Waals surface area contributed by atoms with Crippen molar-refractivity contribution in [2.24, 2.45) is 4.99 Å². The SMILES string of the molecule is CCOc1cc([C@H]2N=C(Nc3ccc(F)cc3)Nc3nc(C)cc(=O)n32)ccc1O. The van der Waals surface area contributed by atoms with Gasteiger partial charge in [0.2, 0.25) is 11.9 Å². The summed E-state index contributed by atoms with van der Waals surface area (Å²) < 4.78 is 20.1. The molecule has 0 aliphatic carbocycles. The quantitative estimate of drug-likeness (QED) is 0.612. The van der Waals surface area contributed by atoms with Crippen LogP contribution in [0.4, 0.5) is 16.0 Å². The van der Waals surface area contributed by atoms with Crippen molar-refractivity contribution in [2.75, 3.05) is 17.2 Å². The number of nitrogens with one attached hydrogen (secondary N) is 2. The van der Waals surface area contributed by atoms with E-state index < -0.39 is 6.17 Å². The summed E-state index contributed by atoms with van der Waals surface area (Å²) in [5.74, 6) is 0.605. The number of guanidine groups is 1. The summed E-state index contributed by atoms with van der Waals surface area (Å²) in [7, 11) is 0. The van der Waals surface area contributed by atoms with Gasteiger partial charge in [0, 0.05) is 23.0 Å². The summed E-state index contributed by atoms with van der Waals surface area (Å²) in [4.78, 5) is 21.8. The molecule has 30 heavy (non-hydrogen) atoms. The largest absolute Gasteiger partial charge is 0.504 e. The first-order valence-corrected chi connectivity index (χ1v) is 9.38. The number of benzene rings is 2. The molecule has 9 heteroatoms. The highest BCUT2D eigenvalue weighted by Gasteiger charge is 2.26. The van der Waals surface area contributed by atoms with Gasteiger partial charge in [-0.2, -0.15) is 0 Å². The van der Waals surface area contributed by atoms with Crippen molar-refractivity contribution in [1.82, 2.24) is 9.55 Å². The van der Waals surface area contributed by atoms with Crippen LogP contribution in [0.2, 0.25) is 0 Å². The Morgan fingerprint density at radius 2 is 2.00 bits per heavy atom. The fourth-order valence-electron chi connectivity index (χ4n) is 3.17. The van der Waals surface area contributed by atoms with Crippen LogP contribution in [0.3, 0.4) is 0 Å². The first-order chi connectivity index (χ1) is 14.4. The monoisotopic (exact) mass is 409 g/mol. The van der Waals surface area contributed by atoms with Crippen LogP contribution in [0.15, 0.2) is 58.3 Å². The number of phenolic OH excluding ortho intramolecular Hbond substituents is 1. The maximum Gasteiger partial charge on any atom is 0.257 e. The van der Waals surface area contributed by atoms with E-state index in [1.54, 1.807) is 31.2 Å². The van der Waals surface area contributed by atoms with Crippen molar-refractivity contribution in [1.29, 1.82) is 0 Å². The summed E-state index contributed by atoms with van der Waals surface area (Å²) in [6.07, 6.45) is -0.746. The number of hydrogen-bond donors (Lipinski definition) is 3. The summed E-state index contributed by atoms with van der Waals surface area (Å²) >= 11 is 0. The van der Waals surface area contributed by atoms with Gasteiger partial charge in [0.1, 0.15) is 5.82 Å². The van der Waals surface area contributed by atoms with E-state index in [-0.39, 0.29) is 17.1 Å². The first-order valence-electron chi connectivity index (χ1n) is 9.38. The molecule has 1 aliphatic rings. The van der Waals surface area contributed by atoms with Gasteiger partial charge >= 0.3 is 0 Å². The maximum absolute atomic E-state index is 13.2. The summed E-state index contributed by atoms with van der Waals surface area (Å²) in [6, 6.07) is 12.1. The Balaban J connectivity index is 1.80. The van der Waals surface area contributed by atoms with Gasteiger partial charge in [-0.3, -0.25) is 14.7 Å². The second-order valence-corrected chi connectivity index (χ2v) is 6.70. The molecule has 8 nitrogen and oxygen atoms in total. The van der Waals surface area contributed by atoms with Crippen LogP contribution >= 0.6 is 0 Å². The van der Waals surface area contributed by atoms with Crippen molar-refractivity contribution in [3.63, 3.8) is 0 Å². The molecule has 0 saturated heterocycles. The number of aryl methyl sites for hydroxylation is 1. The number of halogens is 1. The van der Waals surface area contributed by atoms with Crippen molar-refractivity contribution in [3.8, 4) is 11.5 Å². The molecule has 0 unspecified atom stereocenters. The number of aliphatic imine (C=N–C) groups is 1. The van der Waals surface area contributed by atoms with Crippen LogP contribution in [0.1, 0.15) is 24.3 Å². The fourth-order valence-corrected chi connectivity index (χ4v) is 3.17. The molecule has 0 radical (unpaired) electrons. The predicted octanol–water partition coefficient (Wildman–Crippen LogP) is 3.24. The Morgan fingerprint density at radius 3 is 2.73 bits per heavy atom. The Hall–Kier alpha value is -3.88. The van der Waals surface area contributed by atoms with Crippen LogP contribution in [0.5, 0.6) is 11.5 Å². The molecule has 0 spiro atoms. The number of fused-ring (bicyclic) bond motifs is 1. The molecule has 3 aromatic rings. The predicted molar refractivity (Wildman–Crippen MR) is 112 cm³/mol. The number of rotatable bonds is 4. The fraction of sp³-hybridized carbons (Fsp3) is 0.190. The zero-order valence-corrected chi connectivity index (χ0v) is 16.4. The Bertz CT molecular complexity index is 1170. The molecular formula is C21H20FN5O3. The van der Waals surface area contributed by atoms with E-state index in [9.17, 15) is 14.3 Å². The molecule has 4 rings (SSSR count). The van der Waals surface area contributed by atoms with Crippen molar-refractivity contribution in [3.05, 3.63) is 76.0 Å². The summed E-state index contributed by atoms with van der Waals surface area (Å²) in [6.45, 7) is 3.92. The molecule has 3 N–H and O–H groups in total. The second-order valence-electron chi connectivity index (χ2n) is 6.70. The van der Waals surface area contributed by atoms with Crippen LogP contribution in [-0.2, 0) is 0 Å². The van der Waals surface area contributed by atoms with E-state index in [0.29, 0.717) is 41.2 Å². The molecule has 0 bridgehead atoms. The third-order valence-electron chi connectivity index (χ3n) is 4.50. The van der Waals surface area contributed by atoms with E-state index in [1.165, 1.54) is 28.8 Å². The second kappa shape index (κ2) is 7.86. The molecule has 2 heterocycles. The molecule has 0 saturated carbocycles. The minimum atomic E-state index is -0.746. The van der Waals surface area contributed by atoms with Crippen molar-refractivity contribution in [2.45, 2.75) is 20.0 Å². The molecular weight excluding hydrogens is 389 g/mol. The van der Waals surface area contributed by atoms with Gasteiger partial charge in [-0.25, -0.2) is 14.4 Å². The number of anilines is 2. The third-order valence-corrected chi connectivity index (χ3v) is 4.50. The first kappa shape index (κ1) is 19.4. The minimum Gasteiger partial charge on any atom is -0.504 e. The van der Waals surface area contributed by atoms with Gasteiger partial charge in [0.05, 0.1) is 6.61 Å². The number of ether oxygens (including phenoxy) is 1. The lowest BCUT2D eigenvalue weighted by Crippen LogP contribution is -2.37. The molecule has 0 amide bonds. The van der Waals surface area contributed by atoms with Gasteiger partial charge in [-0.15, -0.1) is 0 Å². The highest BCUT2D eigenvalue weighted by atomic mass is 19.1. The number of nitrogens with zero attached hydrogens (tertiary/aromatic N) is 3. The molecule has 2 aromatic carbocycles. The van der Waals surface area contributed by atoms with Crippen LogP contribution < -0.4 is 20.9 Å². The lowest BCUT2D eigenvalue weighted by Gasteiger charge is -2.27. The summed E-state index contributed by atoms with van der Waals surface area (Å²) in [5, 5.41) is 16.1. The minimum absolute atomic E-state index is 0.00206. The van der Waals surface area contributed by atoms with Crippen LogP contribution in [0, 0.1) is 12.7 Å². The smallest absolute Gasteiger partial charge is 0.257 e. The summed E-state index contributed by atoms with van der Waals surface area (Å²) in [5.41, 5.74) is 1.53. The average molecular weight is 409 g/mol. The molecule has 1 atom stereocenters. The lowest BCUT2D eigenvalue weighted by atomic mass is 10.1. The van der Waals surface area contributed by atoms with E-state index in [4.69, 9.17) is 4.74 Å². The van der Waals surface area contributed by atoms with E-state index in [0.717, 1.165) is 0 Å². The number of hydrogen-bond acceptors (Lipinski definition) is 7. The lowest BCUT2D eigenvalue weighted by molar-refractivity contribution is 0.317.